The van der Waals surface area contributed by atoms with Gasteiger partial charge in [-0.1, -0.05) is 41.9 Å². The molecule has 2 aromatic carbocycles. The lowest BCUT2D eigenvalue weighted by molar-refractivity contribution is -0.136. The van der Waals surface area contributed by atoms with Crippen LogP contribution >= 0.6 is 11.6 Å². The van der Waals surface area contributed by atoms with Crippen molar-refractivity contribution >= 4 is 29.1 Å². The fourth-order valence-electron chi connectivity index (χ4n) is 3.98. The Morgan fingerprint density at radius 1 is 0.964 bits per heavy atom. The Morgan fingerprint density at radius 3 is 2.32 bits per heavy atom. The van der Waals surface area contributed by atoms with Crippen LogP contribution in [0.2, 0.25) is 5.02 Å². The van der Waals surface area contributed by atoms with Gasteiger partial charge in [-0.2, -0.15) is 0 Å². The summed E-state index contributed by atoms with van der Waals surface area (Å²) < 4.78 is 0. The van der Waals surface area contributed by atoms with Crippen LogP contribution in [0.1, 0.15) is 12.0 Å². The first-order chi connectivity index (χ1) is 13.6. The van der Waals surface area contributed by atoms with Gasteiger partial charge in [0.05, 0.1) is 5.92 Å². The minimum absolute atomic E-state index is 0.0521. The minimum atomic E-state index is -0.233. The Hall–Kier alpha value is -2.53. The molecular formula is C22H24ClN3O2. The van der Waals surface area contributed by atoms with Crippen LogP contribution in [-0.2, 0) is 16.1 Å². The number of benzene rings is 2. The SMILES string of the molecule is O=C1CC(C(=O)N2CCN(c3ccccc3)CC2)CN1Cc1ccc(Cl)cc1. The molecule has 5 nitrogen and oxygen atoms in total. The molecule has 2 fully saturated rings. The summed E-state index contributed by atoms with van der Waals surface area (Å²) in [5, 5.41) is 0.680. The van der Waals surface area contributed by atoms with Gasteiger partial charge in [0, 0.05) is 56.4 Å². The highest BCUT2D eigenvalue weighted by molar-refractivity contribution is 6.30. The molecule has 0 saturated carbocycles. The number of rotatable bonds is 4. The Kier molecular flexibility index (Phi) is 5.53. The zero-order valence-corrected chi connectivity index (χ0v) is 16.5. The number of piperazine rings is 1. The lowest BCUT2D eigenvalue weighted by atomic mass is 10.1. The minimum Gasteiger partial charge on any atom is -0.368 e. The summed E-state index contributed by atoms with van der Waals surface area (Å²) in [6, 6.07) is 17.8. The van der Waals surface area contributed by atoms with E-state index in [-0.39, 0.29) is 17.7 Å². The summed E-state index contributed by atoms with van der Waals surface area (Å²) in [6.45, 7) is 4.09. The first-order valence-corrected chi connectivity index (χ1v) is 10.1. The second-order valence-electron chi connectivity index (χ2n) is 7.45. The maximum Gasteiger partial charge on any atom is 0.228 e. The molecule has 0 aliphatic carbocycles. The monoisotopic (exact) mass is 397 g/mol. The van der Waals surface area contributed by atoms with Gasteiger partial charge in [0.25, 0.3) is 0 Å². The van der Waals surface area contributed by atoms with E-state index in [9.17, 15) is 9.59 Å². The van der Waals surface area contributed by atoms with Gasteiger partial charge in [-0.15, -0.1) is 0 Å². The van der Waals surface area contributed by atoms with Crippen LogP contribution in [0, 0.1) is 5.92 Å². The lowest BCUT2D eigenvalue weighted by Crippen LogP contribution is -2.50. The molecule has 2 aliphatic heterocycles. The number of hydrogen-bond donors (Lipinski definition) is 0. The third kappa shape index (κ3) is 4.14. The number of halogens is 1. The normalized spacial score (nSPS) is 20.0. The molecule has 2 aromatic rings. The third-order valence-corrected chi connectivity index (χ3v) is 5.82. The van der Waals surface area contributed by atoms with E-state index in [1.807, 2.05) is 47.4 Å². The van der Waals surface area contributed by atoms with Crippen LogP contribution in [0.25, 0.3) is 0 Å². The predicted molar refractivity (Wildman–Crippen MR) is 110 cm³/mol. The van der Waals surface area contributed by atoms with Crippen molar-refractivity contribution in [2.75, 3.05) is 37.6 Å². The van der Waals surface area contributed by atoms with Gasteiger partial charge in [-0.25, -0.2) is 0 Å². The maximum absolute atomic E-state index is 12.9. The predicted octanol–water partition coefficient (Wildman–Crippen LogP) is 3.04. The number of para-hydroxylation sites is 1. The zero-order chi connectivity index (χ0) is 19.5. The van der Waals surface area contributed by atoms with Crippen LogP contribution in [0.4, 0.5) is 5.69 Å². The smallest absolute Gasteiger partial charge is 0.228 e. The number of hydrogen-bond acceptors (Lipinski definition) is 3. The Morgan fingerprint density at radius 2 is 1.64 bits per heavy atom. The summed E-state index contributed by atoms with van der Waals surface area (Å²) in [4.78, 5) is 31.3. The largest absolute Gasteiger partial charge is 0.368 e. The van der Waals surface area contributed by atoms with E-state index in [4.69, 9.17) is 11.6 Å². The summed E-state index contributed by atoms with van der Waals surface area (Å²) in [6.07, 6.45) is 0.311. The van der Waals surface area contributed by atoms with Crippen molar-refractivity contribution in [3.63, 3.8) is 0 Å². The van der Waals surface area contributed by atoms with Crippen molar-refractivity contribution < 1.29 is 9.59 Å². The maximum atomic E-state index is 12.9. The van der Waals surface area contributed by atoms with E-state index in [1.54, 1.807) is 4.90 Å². The molecule has 28 heavy (non-hydrogen) atoms. The van der Waals surface area contributed by atoms with Crippen molar-refractivity contribution in [1.29, 1.82) is 0 Å². The standard InChI is InChI=1S/C22H24ClN3O2/c23-19-8-6-17(7-9-19)15-26-16-18(14-21(26)27)22(28)25-12-10-24(11-13-25)20-4-2-1-3-5-20/h1-9,18H,10-16H2. The van der Waals surface area contributed by atoms with E-state index < -0.39 is 0 Å². The van der Waals surface area contributed by atoms with Gasteiger partial charge < -0.3 is 14.7 Å². The quantitative estimate of drug-likeness (QED) is 0.796. The molecule has 1 unspecified atom stereocenters. The summed E-state index contributed by atoms with van der Waals surface area (Å²) >= 11 is 5.92. The summed E-state index contributed by atoms with van der Waals surface area (Å²) in [5.74, 6) is -0.0704. The molecule has 0 bridgehead atoms. The van der Waals surface area contributed by atoms with Crippen molar-refractivity contribution in [3.8, 4) is 0 Å². The third-order valence-electron chi connectivity index (χ3n) is 5.56. The fraction of sp³-hybridized carbons (Fsp3) is 0.364. The van der Waals surface area contributed by atoms with Crippen LogP contribution in [0.5, 0.6) is 0 Å². The van der Waals surface area contributed by atoms with Crippen LogP contribution in [0.3, 0.4) is 0 Å². The molecule has 6 heteroatoms. The highest BCUT2D eigenvalue weighted by atomic mass is 35.5. The molecule has 2 aliphatic rings. The van der Waals surface area contributed by atoms with Gasteiger partial charge in [-0.3, -0.25) is 9.59 Å². The van der Waals surface area contributed by atoms with Gasteiger partial charge in [0.15, 0.2) is 0 Å². The fourth-order valence-corrected chi connectivity index (χ4v) is 4.11. The molecule has 2 amide bonds. The molecule has 146 valence electrons. The molecule has 2 saturated heterocycles. The van der Waals surface area contributed by atoms with E-state index in [0.29, 0.717) is 37.6 Å². The molecule has 0 spiro atoms. The zero-order valence-electron chi connectivity index (χ0n) is 15.8. The van der Waals surface area contributed by atoms with E-state index in [2.05, 4.69) is 17.0 Å². The molecule has 0 N–H and O–H groups in total. The van der Waals surface area contributed by atoms with Crippen molar-refractivity contribution in [2.24, 2.45) is 5.92 Å². The Balaban J connectivity index is 1.32. The lowest BCUT2D eigenvalue weighted by Gasteiger charge is -2.37. The first kappa shape index (κ1) is 18.8. The number of carbonyl (C=O) groups is 2. The number of carbonyl (C=O) groups excluding carboxylic acids is 2. The second-order valence-corrected chi connectivity index (χ2v) is 7.89. The van der Waals surface area contributed by atoms with Gasteiger partial charge in [0.1, 0.15) is 0 Å². The van der Waals surface area contributed by atoms with Gasteiger partial charge in [-0.05, 0) is 29.8 Å². The molecular weight excluding hydrogens is 374 g/mol. The van der Waals surface area contributed by atoms with Crippen LogP contribution in [0.15, 0.2) is 54.6 Å². The molecule has 1 atom stereocenters. The number of nitrogens with zero attached hydrogens (tertiary/aromatic N) is 3. The first-order valence-electron chi connectivity index (χ1n) is 9.71. The average Bonchev–Trinajstić information content (AvgIpc) is 3.10. The molecule has 0 aromatic heterocycles. The highest BCUT2D eigenvalue weighted by Gasteiger charge is 2.37. The number of amides is 2. The molecule has 0 radical (unpaired) electrons. The van der Waals surface area contributed by atoms with Crippen molar-refractivity contribution in [3.05, 3.63) is 65.2 Å². The van der Waals surface area contributed by atoms with Gasteiger partial charge in [0.2, 0.25) is 11.8 Å². The van der Waals surface area contributed by atoms with E-state index in [0.717, 1.165) is 18.7 Å². The topological polar surface area (TPSA) is 43.9 Å². The van der Waals surface area contributed by atoms with Crippen LogP contribution < -0.4 is 4.90 Å². The van der Waals surface area contributed by atoms with Crippen molar-refractivity contribution in [2.45, 2.75) is 13.0 Å². The number of anilines is 1. The van der Waals surface area contributed by atoms with Crippen molar-refractivity contribution in [1.82, 2.24) is 9.80 Å². The van der Waals surface area contributed by atoms with Crippen LogP contribution in [-0.4, -0.2) is 54.3 Å². The average molecular weight is 398 g/mol. The Labute approximate surface area is 170 Å². The second kappa shape index (κ2) is 8.23. The number of likely N-dealkylation sites (tertiary alicyclic amines) is 1. The summed E-state index contributed by atoms with van der Waals surface area (Å²) in [5.41, 5.74) is 2.22. The molecule has 4 rings (SSSR count). The highest BCUT2D eigenvalue weighted by Crippen LogP contribution is 2.24. The van der Waals surface area contributed by atoms with Gasteiger partial charge >= 0.3 is 0 Å². The summed E-state index contributed by atoms with van der Waals surface area (Å²) in [7, 11) is 0. The van der Waals surface area contributed by atoms with E-state index >= 15 is 0 Å². The molecule has 2 heterocycles. The van der Waals surface area contributed by atoms with E-state index in [1.165, 1.54) is 5.69 Å². The Bertz CT molecular complexity index is 833.